The fraction of sp³-hybridized carbons (Fsp3) is 0.115. The Kier molecular flexibility index (Phi) is 5.60. The van der Waals surface area contributed by atoms with Gasteiger partial charge in [0.25, 0.3) is 5.91 Å². The van der Waals surface area contributed by atoms with E-state index < -0.39 is 5.91 Å². The molecule has 4 aromatic rings. The summed E-state index contributed by atoms with van der Waals surface area (Å²) in [6.45, 7) is 5.62. The zero-order chi connectivity index (χ0) is 22.8. The van der Waals surface area contributed by atoms with E-state index in [4.69, 9.17) is 4.98 Å². The van der Waals surface area contributed by atoms with Crippen LogP contribution in [-0.2, 0) is 0 Å². The number of hydrazone groups is 1. The van der Waals surface area contributed by atoms with Gasteiger partial charge in [-0.15, -0.1) is 0 Å². The number of amides is 1. The molecule has 1 aromatic heterocycles. The second-order valence-corrected chi connectivity index (χ2v) is 7.78. The highest BCUT2D eigenvalue weighted by Crippen LogP contribution is 2.26. The van der Waals surface area contributed by atoms with Crippen LogP contribution in [0.15, 0.2) is 71.8 Å². The highest BCUT2D eigenvalue weighted by atomic mass is 16.3. The van der Waals surface area contributed by atoms with Gasteiger partial charge in [0.15, 0.2) is 0 Å². The molecule has 32 heavy (non-hydrogen) atoms. The minimum atomic E-state index is -0.393. The van der Waals surface area contributed by atoms with Gasteiger partial charge in [0, 0.05) is 16.5 Å². The zero-order valence-electron chi connectivity index (χ0n) is 18.0. The van der Waals surface area contributed by atoms with Gasteiger partial charge in [0.05, 0.1) is 22.5 Å². The number of aromatic hydroxyl groups is 2. The van der Waals surface area contributed by atoms with Crippen LogP contribution in [0.1, 0.15) is 34.0 Å². The maximum absolute atomic E-state index is 13.1. The quantitative estimate of drug-likeness (QED) is 0.241. The number of phenolic OH excluding ortho intramolecular Hbond substituents is 2. The van der Waals surface area contributed by atoms with Crippen molar-refractivity contribution >= 4 is 22.5 Å². The van der Waals surface area contributed by atoms with Crippen LogP contribution in [0.3, 0.4) is 0 Å². The smallest absolute Gasteiger partial charge is 0.272 e. The number of pyridine rings is 1. The van der Waals surface area contributed by atoms with E-state index in [2.05, 4.69) is 10.5 Å². The van der Waals surface area contributed by atoms with Crippen LogP contribution in [0.4, 0.5) is 0 Å². The predicted molar refractivity (Wildman–Crippen MR) is 126 cm³/mol. The lowest BCUT2D eigenvalue weighted by Gasteiger charge is -2.11. The second-order valence-electron chi connectivity index (χ2n) is 7.78. The molecule has 0 spiro atoms. The van der Waals surface area contributed by atoms with Crippen molar-refractivity contribution in [3.05, 3.63) is 89.0 Å². The summed E-state index contributed by atoms with van der Waals surface area (Å²) in [6, 6.07) is 19.7. The molecular weight excluding hydrogens is 402 g/mol. The summed E-state index contributed by atoms with van der Waals surface area (Å²) in [5.74, 6) is -0.433. The molecule has 160 valence electrons. The van der Waals surface area contributed by atoms with Gasteiger partial charge in [-0.3, -0.25) is 4.79 Å². The summed E-state index contributed by atoms with van der Waals surface area (Å²) in [5, 5.41) is 24.6. The number of benzene rings is 3. The molecule has 0 atom stereocenters. The van der Waals surface area contributed by atoms with Gasteiger partial charge >= 0.3 is 0 Å². The van der Waals surface area contributed by atoms with E-state index in [1.807, 2.05) is 56.3 Å². The number of aromatic nitrogens is 1. The Morgan fingerprint density at radius 1 is 0.875 bits per heavy atom. The fourth-order valence-electron chi connectivity index (χ4n) is 3.47. The van der Waals surface area contributed by atoms with Crippen LogP contribution in [0, 0.1) is 13.8 Å². The number of nitrogens with zero attached hydrogens (tertiary/aromatic N) is 2. The Labute approximate surface area is 185 Å². The molecule has 0 saturated heterocycles. The third-order valence-corrected chi connectivity index (χ3v) is 5.25. The lowest BCUT2D eigenvalue weighted by atomic mass is 10.0. The van der Waals surface area contributed by atoms with Crippen LogP contribution in [0.25, 0.3) is 22.2 Å². The average Bonchev–Trinajstić information content (AvgIpc) is 2.78. The molecule has 6 heteroatoms. The molecule has 4 rings (SSSR count). The second kappa shape index (κ2) is 8.51. The van der Waals surface area contributed by atoms with Crippen molar-refractivity contribution in [3.63, 3.8) is 0 Å². The van der Waals surface area contributed by atoms with Crippen molar-refractivity contribution in [2.75, 3.05) is 0 Å². The standard InChI is InChI=1S/C26H23N3O3/c1-15-4-7-18(8-5-15)24-14-22(21-12-16(2)6-10-23(21)27-24)26(32)29-28-17(3)20-13-19(30)9-11-25(20)31/h4-14,30-31H,1-3H3,(H,29,32). The largest absolute Gasteiger partial charge is 0.508 e. The van der Waals surface area contributed by atoms with E-state index in [9.17, 15) is 15.0 Å². The fourth-order valence-corrected chi connectivity index (χ4v) is 3.47. The summed E-state index contributed by atoms with van der Waals surface area (Å²) in [7, 11) is 0. The van der Waals surface area contributed by atoms with Gasteiger partial charge in [0.1, 0.15) is 11.5 Å². The van der Waals surface area contributed by atoms with Crippen molar-refractivity contribution < 1.29 is 15.0 Å². The summed E-state index contributed by atoms with van der Waals surface area (Å²) in [4.78, 5) is 17.9. The molecule has 0 fully saturated rings. The van der Waals surface area contributed by atoms with Gasteiger partial charge in [-0.1, -0.05) is 41.5 Å². The topological polar surface area (TPSA) is 94.8 Å². The van der Waals surface area contributed by atoms with Gasteiger partial charge in [0.2, 0.25) is 0 Å². The highest BCUT2D eigenvalue weighted by Gasteiger charge is 2.15. The van der Waals surface area contributed by atoms with Gasteiger partial charge in [-0.05, 0) is 57.2 Å². The normalized spacial score (nSPS) is 11.5. The minimum Gasteiger partial charge on any atom is -0.508 e. The lowest BCUT2D eigenvalue weighted by molar-refractivity contribution is 0.0956. The molecule has 0 aliphatic heterocycles. The summed E-state index contributed by atoms with van der Waals surface area (Å²) in [5.41, 5.74) is 8.19. The van der Waals surface area contributed by atoms with Crippen LogP contribution >= 0.6 is 0 Å². The van der Waals surface area contributed by atoms with E-state index in [0.29, 0.717) is 28.0 Å². The number of phenols is 2. The number of carbonyl (C=O) groups excluding carboxylic acids is 1. The van der Waals surface area contributed by atoms with Crippen molar-refractivity contribution in [1.29, 1.82) is 0 Å². The zero-order valence-corrected chi connectivity index (χ0v) is 18.0. The maximum atomic E-state index is 13.1. The number of hydrogen-bond acceptors (Lipinski definition) is 5. The average molecular weight is 425 g/mol. The van der Waals surface area contributed by atoms with Crippen molar-refractivity contribution in [2.24, 2.45) is 5.10 Å². The Hall–Kier alpha value is -4.19. The third kappa shape index (κ3) is 4.30. The molecule has 0 radical (unpaired) electrons. The number of fused-ring (bicyclic) bond motifs is 1. The number of carbonyl (C=O) groups is 1. The monoisotopic (exact) mass is 425 g/mol. The van der Waals surface area contributed by atoms with Crippen molar-refractivity contribution in [3.8, 4) is 22.8 Å². The van der Waals surface area contributed by atoms with E-state index in [-0.39, 0.29) is 11.5 Å². The number of nitrogens with one attached hydrogen (secondary N) is 1. The van der Waals surface area contributed by atoms with E-state index in [0.717, 1.165) is 22.1 Å². The van der Waals surface area contributed by atoms with E-state index in [1.165, 1.54) is 18.2 Å². The lowest BCUT2D eigenvalue weighted by Crippen LogP contribution is -2.20. The molecule has 0 saturated carbocycles. The van der Waals surface area contributed by atoms with Gasteiger partial charge < -0.3 is 10.2 Å². The Bertz CT molecular complexity index is 1360. The first-order valence-electron chi connectivity index (χ1n) is 10.2. The molecule has 3 N–H and O–H groups in total. The van der Waals surface area contributed by atoms with Crippen LogP contribution in [-0.4, -0.2) is 26.8 Å². The van der Waals surface area contributed by atoms with Crippen molar-refractivity contribution in [2.45, 2.75) is 20.8 Å². The number of aryl methyl sites for hydroxylation is 2. The van der Waals surface area contributed by atoms with Crippen LogP contribution in [0.5, 0.6) is 11.5 Å². The maximum Gasteiger partial charge on any atom is 0.272 e. The first-order valence-corrected chi connectivity index (χ1v) is 10.2. The SMILES string of the molecule is CC(=NNC(=O)c1cc(-c2ccc(C)cc2)nc2ccc(C)cc12)c1cc(O)ccc1O. The van der Waals surface area contributed by atoms with E-state index in [1.54, 1.807) is 13.0 Å². The molecule has 1 heterocycles. The molecule has 0 aliphatic carbocycles. The van der Waals surface area contributed by atoms with E-state index >= 15 is 0 Å². The van der Waals surface area contributed by atoms with Crippen LogP contribution in [0.2, 0.25) is 0 Å². The van der Waals surface area contributed by atoms with Gasteiger partial charge in [-0.25, -0.2) is 10.4 Å². The van der Waals surface area contributed by atoms with Crippen LogP contribution < -0.4 is 5.43 Å². The molecule has 6 nitrogen and oxygen atoms in total. The number of hydrogen-bond donors (Lipinski definition) is 3. The predicted octanol–water partition coefficient (Wildman–Crippen LogP) is 5.08. The Morgan fingerprint density at radius 2 is 1.59 bits per heavy atom. The molecule has 1 amide bonds. The first-order chi connectivity index (χ1) is 15.3. The molecule has 0 bridgehead atoms. The Balaban J connectivity index is 1.74. The first kappa shape index (κ1) is 21.1. The third-order valence-electron chi connectivity index (χ3n) is 5.25. The Morgan fingerprint density at radius 3 is 2.34 bits per heavy atom. The molecule has 0 unspecified atom stereocenters. The summed E-state index contributed by atoms with van der Waals surface area (Å²) in [6.07, 6.45) is 0. The summed E-state index contributed by atoms with van der Waals surface area (Å²) >= 11 is 0. The highest BCUT2D eigenvalue weighted by molar-refractivity contribution is 6.08. The number of rotatable bonds is 4. The van der Waals surface area contributed by atoms with Crippen molar-refractivity contribution in [1.82, 2.24) is 10.4 Å². The minimum absolute atomic E-state index is 0.00276. The van der Waals surface area contributed by atoms with Gasteiger partial charge in [-0.2, -0.15) is 5.10 Å². The molecule has 0 aliphatic rings. The molecule has 3 aromatic carbocycles. The molecular formula is C26H23N3O3. The summed E-state index contributed by atoms with van der Waals surface area (Å²) < 4.78 is 0.